The highest BCUT2D eigenvalue weighted by atomic mass is 35.5. The van der Waals surface area contributed by atoms with E-state index in [4.69, 9.17) is 10.5 Å². The molecule has 0 bridgehead atoms. The summed E-state index contributed by atoms with van der Waals surface area (Å²) in [5, 5.41) is 10.0. The Hall–Kier alpha value is -1.64. The van der Waals surface area contributed by atoms with Crippen LogP contribution >= 0.6 is 12.4 Å². The fourth-order valence-electron chi connectivity index (χ4n) is 3.31. The molecule has 8 nitrogen and oxygen atoms in total. The minimum atomic E-state index is -0.548. The van der Waals surface area contributed by atoms with Gasteiger partial charge in [0.1, 0.15) is 11.7 Å². The Balaban J connectivity index is 0.00000208. The summed E-state index contributed by atoms with van der Waals surface area (Å²) in [5.41, 5.74) is 6.33. The maximum absolute atomic E-state index is 12.7. The molecule has 0 saturated carbocycles. The van der Waals surface area contributed by atoms with Gasteiger partial charge in [-0.05, 0) is 25.8 Å². The number of piperidine rings is 1. The van der Waals surface area contributed by atoms with Gasteiger partial charge >= 0.3 is 0 Å². The lowest BCUT2D eigenvalue weighted by Crippen LogP contribution is -2.57. The van der Waals surface area contributed by atoms with Crippen LogP contribution in [0.3, 0.4) is 0 Å². The van der Waals surface area contributed by atoms with Crippen LogP contribution in [0, 0.1) is 0 Å². The van der Waals surface area contributed by atoms with Crippen molar-refractivity contribution in [2.75, 3.05) is 26.2 Å². The summed E-state index contributed by atoms with van der Waals surface area (Å²) in [6, 6.07) is 1.40. The first-order valence-corrected chi connectivity index (χ1v) is 8.05. The van der Waals surface area contributed by atoms with Gasteiger partial charge < -0.3 is 20.7 Å². The van der Waals surface area contributed by atoms with E-state index in [1.54, 1.807) is 6.07 Å². The average molecular weight is 358 g/mol. The Kier molecular flexibility index (Phi) is 6.20. The Morgan fingerprint density at radius 2 is 2.25 bits per heavy atom. The van der Waals surface area contributed by atoms with Crippen LogP contribution in [0.2, 0.25) is 0 Å². The molecule has 3 rings (SSSR count). The highest BCUT2D eigenvalue weighted by molar-refractivity contribution is 5.90. The summed E-state index contributed by atoms with van der Waals surface area (Å²) in [6.45, 7) is 4.61. The molecule has 9 heteroatoms. The Morgan fingerprint density at radius 3 is 2.92 bits per heavy atom. The number of halogens is 1. The number of likely N-dealkylation sites (tertiary alicyclic amines) is 1. The molecule has 0 aromatic carbocycles. The smallest absolute Gasteiger partial charge is 0.269 e. The molecule has 1 aromatic rings. The number of rotatable bonds is 3. The van der Waals surface area contributed by atoms with Crippen LogP contribution in [-0.2, 0) is 9.53 Å². The number of primary amides is 1. The van der Waals surface area contributed by atoms with Crippen LogP contribution in [0.15, 0.2) is 6.07 Å². The minimum Gasteiger partial charge on any atom is -0.375 e. The number of nitrogens with two attached hydrogens (primary N) is 1. The van der Waals surface area contributed by atoms with Crippen molar-refractivity contribution in [3.63, 3.8) is 0 Å². The van der Waals surface area contributed by atoms with E-state index >= 15 is 0 Å². The average Bonchev–Trinajstić information content (AvgIpc) is 3.05. The van der Waals surface area contributed by atoms with E-state index in [1.807, 2.05) is 11.8 Å². The van der Waals surface area contributed by atoms with Crippen LogP contribution in [0.5, 0.6) is 0 Å². The van der Waals surface area contributed by atoms with Crippen molar-refractivity contribution in [2.24, 2.45) is 5.73 Å². The van der Waals surface area contributed by atoms with Gasteiger partial charge in [0.15, 0.2) is 0 Å². The molecule has 1 unspecified atom stereocenters. The van der Waals surface area contributed by atoms with Crippen LogP contribution in [0.25, 0.3) is 0 Å². The molecular formula is C15H24ClN5O3. The molecule has 1 aromatic heterocycles. The second-order valence-corrected chi connectivity index (χ2v) is 6.20. The molecule has 0 radical (unpaired) electrons. The van der Waals surface area contributed by atoms with Crippen LogP contribution in [0.4, 0.5) is 0 Å². The number of aromatic amines is 1. The van der Waals surface area contributed by atoms with Gasteiger partial charge in [-0.3, -0.25) is 14.7 Å². The van der Waals surface area contributed by atoms with Gasteiger partial charge in [0, 0.05) is 31.2 Å². The van der Waals surface area contributed by atoms with E-state index in [1.165, 1.54) is 0 Å². The van der Waals surface area contributed by atoms with Crippen molar-refractivity contribution in [1.29, 1.82) is 0 Å². The molecule has 0 aliphatic carbocycles. The number of hydrogen-bond acceptors (Lipinski definition) is 5. The predicted molar refractivity (Wildman–Crippen MR) is 90.1 cm³/mol. The number of amides is 2. The van der Waals surface area contributed by atoms with E-state index < -0.39 is 5.91 Å². The van der Waals surface area contributed by atoms with Gasteiger partial charge in [-0.25, -0.2) is 0 Å². The van der Waals surface area contributed by atoms with Gasteiger partial charge in [-0.1, -0.05) is 0 Å². The third-order valence-electron chi connectivity index (χ3n) is 4.61. The topological polar surface area (TPSA) is 113 Å². The Labute approximate surface area is 146 Å². The molecule has 134 valence electrons. The summed E-state index contributed by atoms with van der Waals surface area (Å²) in [5.74, 6) is -0.321. The molecule has 2 aliphatic heterocycles. The maximum Gasteiger partial charge on any atom is 0.269 e. The number of carbonyl (C=O) groups is 2. The number of nitrogens with one attached hydrogen (secondary N) is 2. The molecule has 3 atom stereocenters. The van der Waals surface area contributed by atoms with Crippen LogP contribution in [0.1, 0.15) is 41.9 Å². The van der Waals surface area contributed by atoms with Crippen molar-refractivity contribution in [2.45, 2.75) is 37.8 Å². The first kappa shape index (κ1) is 18.7. The molecule has 24 heavy (non-hydrogen) atoms. The fourth-order valence-corrected chi connectivity index (χ4v) is 3.31. The number of nitrogens with zero attached hydrogens (tertiary/aromatic N) is 2. The Morgan fingerprint density at radius 1 is 1.46 bits per heavy atom. The predicted octanol–water partition coefficient (Wildman–Crippen LogP) is 0.0133. The van der Waals surface area contributed by atoms with Gasteiger partial charge in [-0.15, -0.1) is 12.4 Å². The second kappa shape index (κ2) is 7.96. The third-order valence-corrected chi connectivity index (χ3v) is 4.61. The molecule has 2 fully saturated rings. The molecule has 2 amide bonds. The van der Waals surface area contributed by atoms with E-state index in [9.17, 15) is 9.59 Å². The van der Waals surface area contributed by atoms with E-state index in [0.29, 0.717) is 19.7 Å². The van der Waals surface area contributed by atoms with Crippen molar-refractivity contribution in [3.8, 4) is 0 Å². The lowest BCUT2D eigenvalue weighted by Gasteiger charge is -2.37. The monoisotopic (exact) mass is 357 g/mol. The highest BCUT2D eigenvalue weighted by Crippen LogP contribution is 2.26. The summed E-state index contributed by atoms with van der Waals surface area (Å²) < 4.78 is 5.57. The number of H-pyrrole nitrogens is 1. The second-order valence-electron chi connectivity index (χ2n) is 6.20. The number of ether oxygens (including phenoxy) is 1. The molecule has 2 saturated heterocycles. The lowest BCUT2D eigenvalue weighted by atomic mass is 9.93. The van der Waals surface area contributed by atoms with Crippen LogP contribution < -0.4 is 11.1 Å². The largest absolute Gasteiger partial charge is 0.375 e. The highest BCUT2D eigenvalue weighted by Gasteiger charge is 2.34. The van der Waals surface area contributed by atoms with Gasteiger partial charge in [-0.2, -0.15) is 5.10 Å². The van der Waals surface area contributed by atoms with E-state index in [0.717, 1.165) is 25.1 Å². The Bertz CT molecular complexity index is 593. The van der Waals surface area contributed by atoms with Gasteiger partial charge in [0.25, 0.3) is 5.91 Å². The maximum atomic E-state index is 12.7. The zero-order valence-electron chi connectivity index (χ0n) is 13.7. The molecule has 3 heterocycles. The normalized spacial score (nSPS) is 27.4. The first-order chi connectivity index (χ1) is 11.1. The number of hydrogen-bond donors (Lipinski definition) is 3. The number of aromatic nitrogens is 2. The molecule has 2 aliphatic rings. The minimum absolute atomic E-state index is 0. The van der Waals surface area contributed by atoms with Crippen molar-refractivity contribution < 1.29 is 14.3 Å². The van der Waals surface area contributed by atoms with Gasteiger partial charge in [0.05, 0.1) is 12.7 Å². The molecular weight excluding hydrogens is 334 g/mol. The molecule has 0 spiro atoms. The summed E-state index contributed by atoms with van der Waals surface area (Å²) >= 11 is 0. The quantitative estimate of drug-likeness (QED) is 0.705. The number of carbonyl (C=O) groups excluding carboxylic acids is 2. The van der Waals surface area contributed by atoms with Crippen molar-refractivity contribution in [3.05, 3.63) is 17.5 Å². The summed E-state index contributed by atoms with van der Waals surface area (Å²) in [4.78, 5) is 25.8. The first-order valence-electron chi connectivity index (χ1n) is 8.05. The van der Waals surface area contributed by atoms with E-state index in [-0.39, 0.29) is 42.1 Å². The van der Waals surface area contributed by atoms with Crippen molar-refractivity contribution in [1.82, 2.24) is 20.4 Å². The van der Waals surface area contributed by atoms with E-state index in [2.05, 4.69) is 15.5 Å². The van der Waals surface area contributed by atoms with Crippen molar-refractivity contribution >= 4 is 24.2 Å². The number of morpholine rings is 1. The zero-order chi connectivity index (χ0) is 16.4. The standard InChI is InChI=1S/C15H23N5O3.ClH/c1-9-13(17-4-6-23-9)15(22)20-5-2-3-10(8-20)11-7-12(14(16)21)19-18-11;/h7,9-10,13,17H,2-6,8H2,1H3,(H2,16,21)(H,18,19);1H/t9-,10?,13+;/m1./s1. The lowest BCUT2D eigenvalue weighted by molar-refractivity contribution is -0.140. The summed E-state index contributed by atoms with van der Waals surface area (Å²) in [6.07, 6.45) is 1.75. The SMILES string of the molecule is C[C@H]1OCCN[C@@H]1C(=O)N1CCCC(c2cc(C(N)=O)n[nH]2)C1.Cl. The third kappa shape index (κ3) is 3.88. The zero-order valence-corrected chi connectivity index (χ0v) is 14.5. The van der Waals surface area contributed by atoms with Crippen LogP contribution in [-0.4, -0.2) is 65.3 Å². The fraction of sp³-hybridized carbons (Fsp3) is 0.667. The van der Waals surface area contributed by atoms with Gasteiger partial charge in [0.2, 0.25) is 5.91 Å². The summed E-state index contributed by atoms with van der Waals surface area (Å²) in [7, 11) is 0. The molecule has 4 N–H and O–H groups in total.